The fraction of sp³-hybridized carbons (Fsp3) is 0.708. The average Bonchev–Trinajstić information content (AvgIpc) is 2.70. The monoisotopic (exact) mass is 432 g/mol. The van der Waals surface area contributed by atoms with Crippen LogP contribution >= 0.6 is 11.8 Å². The summed E-state index contributed by atoms with van der Waals surface area (Å²) in [5, 5.41) is 2.69. The second kappa shape index (κ2) is 10.2. The number of carbonyl (C=O) groups is 2. The number of nitrogens with one attached hydrogen (secondary N) is 1. The van der Waals surface area contributed by atoms with Crippen LogP contribution in [0.3, 0.4) is 0 Å². The Balaban J connectivity index is 1.99. The lowest BCUT2D eigenvalue weighted by Crippen LogP contribution is -2.50. The quantitative estimate of drug-likeness (QED) is 0.745. The second-order valence-corrected chi connectivity index (χ2v) is 10.2. The van der Waals surface area contributed by atoms with Gasteiger partial charge in [0, 0.05) is 12.2 Å². The van der Waals surface area contributed by atoms with Crippen LogP contribution in [0.15, 0.2) is 10.9 Å². The van der Waals surface area contributed by atoms with Gasteiger partial charge in [0.1, 0.15) is 11.1 Å². The molecular weight excluding hydrogens is 396 g/mol. The molecule has 0 aliphatic heterocycles. The van der Waals surface area contributed by atoms with Crippen molar-refractivity contribution in [2.45, 2.75) is 96.6 Å². The van der Waals surface area contributed by atoms with Crippen molar-refractivity contribution in [1.82, 2.24) is 9.88 Å². The summed E-state index contributed by atoms with van der Waals surface area (Å²) in [6.45, 7) is 4.10. The number of hydrogen-bond acceptors (Lipinski definition) is 4. The van der Waals surface area contributed by atoms with E-state index in [0.29, 0.717) is 5.92 Å². The maximum Gasteiger partial charge on any atom is 0.263 e. The molecule has 166 valence electrons. The molecule has 1 saturated carbocycles. The Hall–Kier alpha value is -1.56. The molecule has 2 aliphatic rings. The molecule has 1 aromatic heterocycles. The van der Waals surface area contributed by atoms with E-state index >= 15 is 0 Å². The van der Waals surface area contributed by atoms with E-state index in [1.807, 2.05) is 10.6 Å². The summed E-state index contributed by atoms with van der Waals surface area (Å²) in [7, 11) is 0. The van der Waals surface area contributed by atoms with Gasteiger partial charge in [-0.15, -0.1) is 0 Å². The summed E-state index contributed by atoms with van der Waals surface area (Å²) in [6.07, 6.45) is 14.2. The van der Waals surface area contributed by atoms with Gasteiger partial charge in [-0.3, -0.25) is 14.4 Å². The Morgan fingerprint density at radius 3 is 2.37 bits per heavy atom. The number of carbonyl (C=O) groups excluding carboxylic acids is 2. The molecule has 0 radical (unpaired) electrons. The summed E-state index contributed by atoms with van der Waals surface area (Å²) in [5.74, 6) is 0.0773. The van der Waals surface area contributed by atoms with E-state index in [4.69, 9.17) is 0 Å². The van der Waals surface area contributed by atoms with Crippen LogP contribution in [0, 0.1) is 5.92 Å². The lowest BCUT2D eigenvalue weighted by atomic mass is 9.88. The molecule has 1 N–H and O–H groups in total. The molecule has 3 rings (SSSR count). The minimum Gasteiger partial charge on any atom is -0.339 e. The molecule has 5 nitrogen and oxygen atoms in total. The highest BCUT2D eigenvalue weighted by atomic mass is 32.2. The van der Waals surface area contributed by atoms with Gasteiger partial charge in [0.05, 0.1) is 0 Å². The van der Waals surface area contributed by atoms with E-state index in [9.17, 15) is 14.4 Å². The first-order chi connectivity index (χ1) is 14.3. The van der Waals surface area contributed by atoms with Gasteiger partial charge in [-0.05, 0) is 76.2 Å². The molecule has 0 aromatic carbocycles. The van der Waals surface area contributed by atoms with E-state index < -0.39 is 11.4 Å². The van der Waals surface area contributed by atoms with Crippen LogP contribution in [-0.2, 0) is 24.2 Å². The van der Waals surface area contributed by atoms with Crippen LogP contribution in [0.5, 0.6) is 0 Å². The fourth-order valence-electron chi connectivity index (χ4n) is 4.88. The number of rotatable bonds is 5. The molecule has 30 heavy (non-hydrogen) atoms. The van der Waals surface area contributed by atoms with Crippen molar-refractivity contribution in [1.29, 1.82) is 0 Å². The highest BCUT2D eigenvalue weighted by Gasteiger charge is 2.31. The number of hydrogen-bond donors (Lipinski definition) is 1. The van der Waals surface area contributed by atoms with Crippen LogP contribution in [0.2, 0.25) is 0 Å². The van der Waals surface area contributed by atoms with Crippen LogP contribution in [0.1, 0.15) is 93.3 Å². The van der Waals surface area contributed by atoms with Gasteiger partial charge in [-0.2, -0.15) is 0 Å². The molecule has 0 unspecified atom stereocenters. The average molecular weight is 433 g/mol. The molecule has 6 heteroatoms. The van der Waals surface area contributed by atoms with Crippen LogP contribution < -0.4 is 10.9 Å². The van der Waals surface area contributed by atoms with Gasteiger partial charge in [-0.25, -0.2) is 0 Å². The molecule has 0 spiro atoms. The SMILES string of the molecule is CSC(=O)C(C)(C)NC(=O)c1cc2c(n(CC3CCCCC3)c1=O)CCCCCC2. The molecule has 0 bridgehead atoms. The molecule has 1 fully saturated rings. The number of pyridine rings is 1. The third kappa shape index (κ3) is 5.37. The highest BCUT2D eigenvalue weighted by Crippen LogP contribution is 2.27. The van der Waals surface area contributed by atoms with Crippen molar-refractivity contribution in [2.75, 3.05) is 6.26 Å². The Bertz CT molecular complexity index is 838. The highest BCUT2D eigenvalue weighted by molar-refractivity contribution is 8.13. The van der Waals surface area contributed by atoms with Gasteiger partial charge in [0.2, 0.25) is 5.12 Å². The van der Waals surface area contributed by atoms with E-state index in [1.165, 1.54) is 32.1 Å². The molecular formula is C24H36N2O3S. The van der Waals surface area contributed by atoms with Gasteiger partial charge in [0.25, 0.3) is 11.5 Å². The molecule has 0 saturated heterocycles. The third-order valence-electron chi connectivity index (χ3n) is 6.63. The van der Waals surface area contributed by atoms with Crippen LogP contribution in [-0.4, -0.2) is 27.4 Å². The van der Waals surface area contributed by atoms with E-state index in [1.54, 1.807) is 20.1 Å². The number of fused-ring (bicyclic) bond motifs is 1. The number of thioether (sulfide) groups is 1. The summed E-state index contributed by atoms with van der Waals surface area (Å²) in [6, 6.07) is 1.81. The summed E-state index contributed by atoms with van der Waals surface area (Å²) >= 11 is 1.09. The topological polar surface area (TPSA) is 68.2 Å². The Morgan fingerprint density at radius 2 is 1.70 bits per heavy atom. The Morgan fingerprint density at radius 1 is 1.07 bits per heavy atom. The molecule has 1 aromatic rings. The zero-order valence-corrected chi connectivity index (χ0v) is 19.5. The number of aromatic nitrogens is 1. The van der Waals surface area contributed by atoms with E-state index in [2.05, 4.69) is 5.32 Å². The maximum absolute atomic E-state index is 13.5. The zero-order valence-electron chi connectivity index (χ0n) is 18.7. The molecule has 1 amide bonds. The summed E-state index contributed by atoms with van der Waals surface area (Å²) in [4.78, 5) is 38.8. The third-order valence-corrected chi connectivity index (χ3v) is 7.51. The number of aryl methyl sites for hydroxylation is 1. The predicted octanol–water partition coefficient (Wildman–Crippen LogP) is 4.49. The number of amides is 1. The van der Waals surface area contributed by atoms with Crippen molar-refractivity contribution in [3.63, 3.8) is 0 Å². The lowest BCUT2D eigenvalue weighted by molar-refractivity contribution is -0.115. The molecule has 1 heterocycles. The van der Waals surface area contributed by atoms with Gasteiger partial charge < -0.3 is 9.88 Å². The lowest BCUT2D eigenvalue weighted by Gasteiger charge is -2.27. The largest absolute Gasteiger partial charge is 0.339 e. The minimum absolute atomic E-state index is 0.121. The van der Waals surface area contributed by atoms with Gasteiger partial charge >= 0.3 is 0 Å². The molecule has 0 atom stereocenters. The smallest absolute Gasteiger partial charge is 0.263 e. The number of nitrogens with zero attached hydrogens (tertiary/aromatic N) is 1. The summed E-state index contributed by atoms with van der Waals surface area (Å²) in [5.41, 5.74) is 1.27. The van der Waals surface area contributed by atoms with Crippen molar-refractivity contribution >= 4 is 22.8 Å². The Labute approximate surface area is 184 Å². The van der Waals surface area contributed by atoms with Crippen molar-refractivity contribution in [3.05, 3.63) is 33.2 Å². The fourth-order valence-corrected chi connectivity index (χ4v) is 5.44. The molecule has 2 aliphatic carbocycles. The predicted molar refractivity (Wildman–Crippen MR) is 123 cm³/mol. The van der Waals surface area contributed by atoms with Gasteiger partial charge in [0.15, 0.2) is 0 Å². The van der Waals surface area contributed by atoms with Crippen LogP contribution in [0.4, 0.5) is 0 Å². The second-order valence-electron chi connectivity index (χ2n) is 9.43. The first-order valence-electron chi connectivity index (χ1n) is 11.5. The van der Waals surface area contributed by atoms with E-state index in [-0.39, 0.29) is 16.2 Å². The van der Waals surface area contributed by atoms with E-state index in [0.717, 1.165) is 68.1 Å². The zero-order chi connectivity index (χ0) is 21.7. The first kappa shape index (κ1) is 23.1. The van der Waals surface area contributed by atoms with Crippen molar-refractivity contribution in [3.8, 4) is 0 Å². The van der Waals surface area contributed by atoms with Crippen molar-refractivity contribution in [2.24, 2.45) is 5.92 Å². The summed E-state index contributed by atoms with van der Waals surface area (Å²) < 4.78 is 1.93. The van der Waals surface area contributed by atoms with Gasteiger partial charge in [-0.1, -0.05) is 43.9 Å². The maximum atomic E-state index is 13.5. The first-order valence-corrected chi connectivity index (χ1v) is 12.7. The standard InChI is InChI=1S/C24H36N2O3S/c1-24(2,23(29)30-3)25-21(27)19-15-18-13-9-4-5-10-14-20(18)26(22(19)28)16-17-11-7-6-8-12-17/h15,17H,4-14,16H2,1-3H3,(H,25,27). The minimum atomic E-state index is -1.01. The normalized spacial score (nSPS) is 18.2. The van der Waals surface area contributed by atoms with Crippen molar-refractivity contribution < 1.29 is 9.59 Å². The van der Waals surface area contributed by atoms with Crippen LogP contribution in [0.25, 0.3) is 0 Å². The Kier molecular flexibility index (Phi) is 7.83.